The summed E-state index contributed by atoms with van der Waals surface area (Å²) in [6.07, 6.45) is 7.82. The lowest BCUT2D eigenvalue weighted by Gasteiger charge is -2.31. The first-order chi connectivity index (χ1) is 12.6. The zero-order valence-corrected chi connectivity index (χ0v) is 16.6. The summed E-state index contributed by atoms with van der Waals surface area (Å²) in [6.45, 7) is 5.13. The monoisotopic (exact) mass is 380 g/mol. The van der Waals surface area contributed by atoms with Gasteiger partial charge in [0.2, 0.25) is 10.0 Å². The van der Waals surface area contributed by atoms with Gasteiger partial charge in [-0.3, -0.25) is 0 Å². The first-order valence-corrected chi connectivity index (χ1v) is 11.5. The molecule has 1 aromatic carbocycles. The van der Waals surface area contributed by atoms with Gasteiger partial charge in [0.15, 0.2) is 0 Å². The smallest absolute Gasteiger partial charge is 0.243 e. The maximum absolute atomic E-state index is 12.8. The van der Waals surface area contributed by atoms with E-state index in [-0.39, 0.29) is 0 Å². The second-order valence-electron chi connectivity index (χ2n) is 7.56. The number of nitrogens with one attached hydrogen (secondary N) is 1. The molecular formula is C20H32N2O3S. The molecule has 1 aromatic rings. The molecule has 1 heterocycles. The summed E-state index contributed by atoms with van der Waals surface area (Å²) < 4.78 is 33.0. The van der Waals surface area contributed by atoms with Gasteiger partial charge in [-0.1, -0.05) is 19.8 Å². The molecule has 6 heteroatoms. The maximum Gasteiger partial charge on any atom is 0.243 e. The van der Waals surface area contributed by atoms with Gasteiger partial charge in [0.1, 0.15) is 5.75 Å². The van der Waals surface area contributed by atoms with Crippen LogP contribution in [-0.4, -0.2) is 45.0 Å². The minimum absolute atomic E-state index is 0.364. The van der Waals surface area contributed by atoms with Crippen molar-refractivity contribution < 1.29 is 13.2 Å². The molecule has 5 nitrogen and oxygen atoms in total. The predicted molar refractivity (Wildman–Crippen MR) is 104 cm³/mol. The molecular weight excluding hydrogens is 348 g/mol. The topological polar surface area (TPSA) is 58.6 Å². The van der Waals surface area contributed by atoms with Crippen LogP contribution in [0.5, 0.6) is 5.75 Å². The molecule has 2 aliphatic rings. The highest BCUT2D eigenvalue weighted by atomic mass is 32.2. The van der Waals surface area contributed by atoms with E-state index >= 15 is 0 Å². The van der Waals surface area contributed by atoms with Gasteiger partial charge < -0.3 is 10.1 Å². The fraction of sp³-hybridized carbons (Fsp3) is 0.700. The van der Waals surface area contributed by atoms with E-state index < -0.39 is 10.0 Å². The number of benzene rings is 1. The van der Waals surface area contributed by atoms with Crippen LogP contribution in [0.15, 0.2) is 29.2 Å². The molecule has 0 atom stereocenters. The van der Waals surface area contributed by atoms with E-state index in [1.165, 1.54) is 12.8 Å². The second-order valence-corrected chi connectivity index (χ2v) is 9.49. The molecule has 1 aliphatic carbocycles. The van der Waals surface area contributed by atoms with Crippen molar-refractivity contribution in [2.24, 2.45) is 5.92 Å². The Morgan fingerprint density at radius 2 is 1.77 bits per heavy atom. The van der Waals surface area contributed by atoms with Crippen molar-refractivity contribution >= 4 is 10.0 Å². The van der Waals surface area contributed by atoms with Gasteiger partial charge in [-0.2, -0.15) is 4.31 Å². The van der Waals surface area contributed by atoms with Crippen LogP contribution in [0.3, 0.4) is 0 Å². The molecule has 3 rings (SSSR count). The average Bonchev–Trinajstić information content (AvgIpc) is 3.49. The fourth-order valence-corrected chi connectivity index (χ4v) is 4.82. The summed E-state index contributed by atoms with van der Waals surface area (Å²) in [5, 5.41) is 3.59. The number of hydrogen-bond acceptors (Lipinski definition) is 4. The molecule has 1 saturated carbocycles. The van der Waals surface area contributed by atoms with Crippen molar-refractivity contribution in [2.75, 3.05) is 26.2 Å². The summed E-state index contributed by atoms with van der Waals surface area (Å²) in [5.41, 5.74) is 0. The summed E-state index contributed by atoms with van der Waals surface area (Å²) in [5.74, 6) is 1.60. The Bertz CT molecular complexity index is 648. The van der Waals surface area contributed by atoms with E-state index in [2.05, 4.69) is 12.2 Å². The first kappa shape index (κ1) is 19.6. The number of hydrogen-bond donors (Lipinski definition) is 1. The molecule has 0 spiro atoms. The Morgan fingerprint density at radius 3 is 2.38 bits per heavy atom. The minimum atomic E-state index is -3.40. The highest BCUT2D eigenvalue weighted by molar-refractivity contribution is 7.89. The zero-order valence-electron chi connectivity index (χ0n) is 15.8. The van der Waals surface area contributed by atoms with Crippen LogP contribution in [0.2, 0.25) is 0 Å². The predicted octanol–water partition coefficient (Wildman–Crippen LogP) is 3.41. The molecule has 0 aromatic heterocycles. The lowest BCUT2D eigenvalue weighted by Crippen LogP contribution is -2.45. The molecule has 0 bridgehead atoms. The molecule has 26 heavy (non-hydrogen) atoms. The Balaban J connectivity index is 1.49. The van der Waals surface area contributed by atoms with E-state index in [0.29, 0.717) is 30.6 Å². The van der Waals surface area contributed by atoms with Crippen LogP contribution in [-0.2, 0) is 10.0 Å². The van der Waals surface area contributed by atoms with Crippen molar-refractivity contribution in [3.63, 3.8) is 0 Å². The van der Waals surface area contributed by atoms with Gasteiger partial charge in [-0.05, 0) is 68.8 Å². The number of piperidine rings is 1. The summed E-state index contributed by atoms with van der Waals surface area (Å²) in [4.78, 5) is 0.364. The third-order valence-corrected chi connectivity index (χ3v) is 7.24. The van der Waals surface area contributed by atoms with Crippen LogP contribution in [0.1, 0.15) is 51.9 Å². The number of ether oxygens (including phenoxy) is 1. The number of nitrogens with zero attached hydrogens (tertiary/aromatic N) is 1. The van der Waals surface area contributed by atoms with E-state index in [1.54, 1.807) is 28.6 Å². The van der Waals surface area contributed by atoms with Crippen molar-refractivity contribution in [1.29, 1.82) is 0 Å². The van der Waals surface area contributed by atoms with E-state index in [9.17, 15) is 8.42 Å². The van der Waals surface area contributed by atoms with Crippen LogP contribution in [0, 0.1) is 5.92 Å². The van der Waals surface area contributed by atoms with Crippen molar-refractivity contribution in [3.8, 4) is 5.75 Å². The third-order valence-electron chi connectivity index (χ3n) is 5.32. The van der Waals surface area contributed by atoms with E-state index in [4.69, 9.17) is 4.74 Å². The minimum Gasteiger partial charge on any atom is -0.494 e. The van der Waals surface area contributed by atoms with Crippen molar-refractivity contribution in [3.05, 3.63) is 24.3 Å². The van der Waals surface area contributed by atoms with Crippen molar-refractivity contribution in [2.45, 2.75) is 62.8 Å². The van der Waals surface area contributed by atoms with Gasteiger partial charge in [0.25, 0.3) is 0 Å². The molecule has 146 valence electrons. The highest BCUT2D eigenvalue weighted by Gasteiger charge is 2.30. The fourth-order valence-electron chi connectivity index (χ4n) is 3.35. The molecule has 2 fully saturated rings. The van der Waals surface area contributed by atoms with Gasteiger partial charge in [-0.25, -0.2) is 8.42 Å². The maximum atomic E-state index is 12.8. The van der Waals surface area contributed by atoms with Gasteiger partial charge in [0.05, 0.1) is 11.5 Å². The molecule has 1 N–H and O–H groups in total. The number of sulfonamides is 1. The summed E-state index contributed by atoms with van der Waals surface area (Å²) >= 11 is 0. The first-order valence-electron chi connectivity index (χ1n) is 10.1. The Morgan fingerprint density at radius 1 is 1.08 bits per heavy atom. The lowest BCUT2D eigenvalue weighted by molar-refractivity contribution is 0.288. The van der Waals surface area contributed by atoms with Crippen LogP contribution in [0.25, 0.3) is 0 Å². The van der Waals surface area contributed by atoms with Gasteiger partial charge in [0, 0.05) is 19.1 Å². The van der Waals surface area contributed by atoms with Crippen LogP contribution >= 0.6 is 0 Å². The van der Waals surface area contributed by atoms with Crippen molar-refractivity contribution in [1.82, 2.24) is 9.62 Å². The third kappa shape index (κ3) is 5.44. The largest absolute Gasteiger partial charge is 0.494 e. The van der Waals surface area contributed by atoms with Gasteiger partial charge >= 0.3 is 0 Å². The SMILES string of the molecule is CCCCCOc1ccc(S(=O)(=O)N2CCC(NCC3CC3)CC2)cc1. The van der Waals surface area contributed by atoms with Gasteiger partial charge in [-0.15, -0.1) is 0 Å². The highest BCUT2D eigenvalue weighted by Crippen LogP contribution is 2.28. The summed E-state index contributed by atoms with van der Waals surface area (Å²) in [7, 11) is -3.40. The van der Waals surface area contributed by atoms with Crippen LogP contribution < -0.4 is 10.1 Å². The Kier molecular flexibility index (Phi) is 6.95. The normalized spacial score (nSPS) is 19.6. The quantitative estimate of drug-likeness (QED) is 0.632. The molecule has 1 aliphatic heterocycles. The molecule has 0 amide bonds. The van der Waals surface area contributed by atoms with E-state index in [1.807, 2.05) is 0 Å². The Labute approximate surface area is 158 Å². The summed E-state index contributed by atoms with van der Waals surface area (Å²) in [6, 6.07) is 7.33. The zero-order chi connectivity index (χ0) is 18.4. The van der Waals surface area contributed by atoms with E-state index in [0.717, 1.165) is 50.3 Å². The Hall–Kier alpha value is -1.11. The molecule has 0 radical (unpaired) electrons. The standard InChI is InChI=1S/C20H32N2O3S/c1-2-3-4-15-25-19-7-9-20(10-8-19)26(23,24)22-13-11-18(12-14-22)21-16-17-5-6-17/h7-10,17-18,21H,2-6,11-16H2,1H3. The molecule has 0 unspecified atom stereocenters. The molecule has 1 saturated heterocycles. The number of rotatable bonds is 10. The van der Waals surface area contributed by atoms with Crippen LogP contribution in [0.4, 0.5) is 0 Å². The lowest BCUT2D eigenvalue weighted by atomic mass is 10.1. The average molecular weight is 381 g/mol. The second kappa shape index (κ2) is 9.20. The number of unbranched alkanes of at least 4 members (excludes halogenated alkanes) is 2.